The van der Waals surface area contributed by atoms with Crippen LogP contribution in [-0.2, 0) is 9.59 Å². The van der Waals surface area contributed by atoms with Gasteiger partial charge in [0.1, 0.15) is 0 Å². The fraction of sp³-hybridized carbons (Fsp3) is 0.667. The minimum atomic E-state index is -0.885. The van der Waals surface area contributed by atoms with E-state index in [1.165, 1.54) is 0 Å². The highest BCUT2D eigenvalue weighted by atomic mass is 16.4. The van der Waals surface area contributed by atoms with E-state index >= 15 is 0 Å². The van der Waals surface area contributed by atoms with Crippen molar-refractivity contribution in [2.45, 2.75) is 19.3 Å². The first-order chi connectivity index (χ1) is 8.16. The Hall–Kier alpha value is -1.36. The topological polar surface area (TPSA) is 78.4 Å². The van der Waals surface area contributed by atoms with Gasteiger partial charge in [0.05, 0.1) is 11.8 Å². The van der Waals surface area contributed by atoms with Gasteiger partial charge in [-0.15, -0.1) is 0 Å². The molecule has 0 bridgehead atoms. The molecule has 0 radical (unpaired) electrons. The van der Waals surface area contributed by atoms with Crippen LogP contribution in [-0.4, -0.2) is 37.1 Å². The fourth-order valence-electron chi connectivity index (χ4n) is 1.98. The zero-order chi connectivity index (χ0) is 12.7. The zero-order valence-electron chi connectivity index (χ0n) is 10.1. The molecule has 0 aromatic rings. The van der Waals surface area contributed by atoms with Crippen LogP contribution in [0.15, 0.2) is 12.2 Å². The predicted octanol–water partition coefficient (Wildman–Crippen LogP) is 0.379. The molecular formula is C12H20N2O3. The number of carbonyl (C=O) groups is 2. The molecule has 1 amide bonds. The highest BCUT2D eigenvalue weighted by molar-refractivity contribution is 5.85. The Morgan fingerprint density at radius 2 is 1.88 bits per heavy atom. The molecule has 0 fully saturated rings. The Bertz CT molecular complexity index is 302. The van der Waals surface area contributed by atoms with Crippen molar-refractivity contribution < 1.29 is 14.7 Å². The van der Waals surface area contributed by atoms with Gasteiger partial charge in [0, 0.05) is 6.54 Å². The number of allylic oxidation sites excluding steroid dienone is 2. The smallest absolute Gasteiger partial charge is 0.307 e. The fourth-order valence-corrected chi connectivity index (χ4v) is 1.98. The summed E-state index contributed by atoms with van der Waals surface area (Å²) < 4.78 is 0. The Kier molecular flexibility index (Phi) is 5.69. The Balaban J connectivity index is 2.43. The van der Waals surface area contributed by atoms with Crippen LogP contribution in [0.25, 0.3) is 0 Å². The third-order valence-electron chi connectivity index (χ3n) is 2.99. The normalized spacial score (nSPS) is 23.4. The number of nitrogens with one attached hydrogen (secondary N) is 2. The van der Waals surface area contributed by atoms with E-state index < -0.39 is 17.8 Å². The van der Waals surface area contributed by atoms with Gasteiger partial charge >= 0.3 is 5.97 Å². The molecule has 1 rings (SSSR count). The summed E-state index contributed by atoms with van der Waals surface area (Å²) >= 11 is 0. The molecule has 0 aromatic carbocycles. The number of aliphatic carboxylic acids is 1. The van der Waals surface area contributed by atoms with E-state index in [-0.39, 0.29) is 5.91 Å². The maximum atomic E-state index is 11.8. The Morgan fingerprint density at radius 1 is 1.24 bits per heavy atom. The van der Waals surface area contributed by atoms with Crippen LogP contribution in [0, 0.1) is 11.8 Å². The molecule has 5 heteroatoms. The molecule has 0 heterocycles. The van der Waals surface area contributed by atoms with E-state index in [0.717, 1.165) is 13.0 Å². The number of carboxylic acids is 1. The monoisotopic (exact) mass is 240 g/mol. The first kappa shape index (κ1) is 13.7. The third-order valence-corrected chi connectivity index (χ3v) is 2.99. The third kappa shape index (κ3) is 4.19. The van der Waals surface area contributed by atoms with Crippen molar-refractivity contribution >= 4 is 11.9 Å². The standard InChI is InChI=1S/C12H20N2O3/c1-13-7-4-8-14-11(15)9-5-2-3-6-10(9)12(16)17/h2-3,9-10,13H,4-8H2,1H3,(H,14,15)(H,16,17)/t9-,10+/m1/s1. The molecular weight excluding hydrogens is 220 g/mol. The van der Waals surface area contributed by atoms with E-state index in [2.05, 4.69) is 10.6 Å². The summed E-state index contributed by atoms with van der Waals surface area (Å²) in [4.78, 5) is 22.9. The number of amides is 1. The molecule has 17 heavy (non-hydrogen) atoms. The number of carbonyl (C=O) groups excluding carboxylic acids is 1. The predicted molar refractivity (Wildman–Crippen MR) is 64.5 cm³/mol. The molecule has 0 saturated heterocycles. The van der Waals surface area contributed by atoms with E-state index in [1.807, 2.05) is 19.2 Å². The molecule has 96 valence electrons. The number of hydrogen-bond acceptors (Lipinski definition) is 3. The molecule has 0 aromatic heterocycles. The second-order valence-electron chi connectivity index (χ2n) is 4.24. The van der Waals surface area contributed by atoms with Gasteiger partial charge in [-0.25, -0.2) is 0 Å². The first-order valence-electron chi connectivity index (χ1n) is 5.97. The van der Waals surface area contributed by atoms with Crippen molar-refractivity contribution in [2.75, 3.05) is 20.1 Å². The van der Waals surface area contributed by atoms with Crippen LogP contribution in [0.5, 0.6) is 0 Å². The van der Waals surface area contributed by atoms with Crippen LogP contribution in [0.3, 0.4) is 0 Å². The summed E-state index contributed by atoms with van der Waals surface area (Å²) in [6.45, 7) is 1.43. The number of hydrogen-bond donors (Lipinski definition) is 3. The average Bonchev–Trinajstić information content (AvgIpc) is 2.34. The lowest BCUT2D eigenvalue weighted by Gasteiger charge is -2.24. The average molecular weight is 240 g/mol. The molecule has 0 aliphatic heterocycles. The van der Waals surface area contributed by atoms with Crippen LogP contribution in [0.4, 0.5) is 0 Å². The van der Waals surface area contributed by atoms with Crippen LogP contribution in [0.1, 0.15) is 19.3 Å². The molecule has 0 spiro atoms. The lowest BCUT2D eigenvalue weighted by molar-refractivity contribution is -0.147. The maximum Gasteiger partial charge on any atom is 0.307 e. The molecule has 0 saturated carbocycles. The molecule has 3 N–H and O–H groups in total. The molecule has 5 nitrogen and oxygen atoms in total. The summed E-state index contributed by atoms with van der Waals surface area (Å²) in [5.74, 6) is -2.03. The van der Waals surface area contributed by atoms with Crippen molar-refractivity contribution in [3.05, 3.63) is 12.2 Å². The van der Waals surface area contributed by atoms with Gasteiger partial charge in [-0.1, -0.05) is 12.2 Å². The minimum Gasteiger partial charge on any atom is -0.481 e. The summed E-state index contributed by atoms with van der Waals surface area (Å²) in [5, 5.41) is 14.8. The molecule has 1 aliphatic rings. The minimum absolute atomic E-state index is 0.141. The van der Waals surface area contributed by atoms with E-state index in [0.29, 0.717) is 19.4 Å². The van der Waals surface area contributed by atoms with E-state index in [1.54, 1.807) is 0 Å². The van der Waals surface area contributed by atoms with Gasteiger partial charge in [0.25, 0.3) is 0 Å². The largest absolute Gasteiger partial charge is 0.481 e. The number of rotatable bonds is 6. The lowest BCUT2D eigenvalue weighted by atomic mass is 9.82. The highest BCUT2D eigenvalue weighted by Gasteiger charge is 2.33. The second-order valence-corrected chi connectivity index (χ2v) is 4.24. The SMILES string of the molecule is CNCCCNC(=O)[C@@H]1CC=CC[C@@H]1C(=O)O. The summed E-state index contributed by atoms with van der Waals surface area (Å²) in [6.07, 6.45) is 5.54. The van der Waals surface area contributed by atoms with Crippen molar-refractivity contribution in [1.82, 2.24) is 10.6 Å². The lowest BCUT2D eigenvalue weighted by Crippen LogP contribution is -2.39. The highest BCUT2D eigenvalue weighted by Crippen LogP contribution is 2.25. The van der Waals surface area contributed by atoms with Crippen molar-refractivity contribution in [2.24, 2.45) is 11.8 Å². The Morgan fingerprint density at radius 3 is 2.47 bits per heavy atom. The van der Waals surface area contributed by atoms with Crippen molar-refractivity contribution in [1.29, 1.82) is 0 Å². The summed E-state index contributed by atoms with van der Waals surface area (Å²) in [7, 11) is 1.86. The van der Waals surface area contributed by atoms with E-state index in [9.17, 15) is 9.59 Å². The van der Waals surface area contributed by atoms with E-state index in [4.69, 9.17) is 5.11 Å². The Labute approximate surface area is 101 Å². The van der Waals surface area contributed by atoms with Gasteiger partial charge in [-0.05, 0) is 32.9 Å². The van der Waals surface area contributed by atoms with Gasteiger partial charge in [0.15, 0.2) is 0 Å². The van der Waals surface area contributed by atoms with Gasteiger partial charge < -0.3 is 15.7 Å². The second kappa shape index (κ2) is 7.06. The van der Waals surface area contributed by atoms with Crippen molar-refractivity contribution in [3.63, 3.8) is 0 Å². The number of carboxylic acid groups (broad SMARTS) is 1. The quantitative estimate of drug-likeness (QED) is 0.463. The molecule has 1 aliphatic carbocycles. The first-order valence-corrected chi connectivity index (χ1v) is 5.97. The maximum absolute atomic E-state index is 11.8. The van der Waals surface area contributed by atoms with Gasteiger partial charge in [-0.3, -0.25) is 9.59 Å². The zero-order valence-corrected chi connectivity index (χ0v) is 10.1. The van der Waals surface area contributed by atoms with Crippen LogP contribution in [0.2, 0.25) is 0 Å². The molecule has 0 unspecified atom stereocenters. The van der Waals surface area contributed by atoms with Crippen LogP contribution >= 0.6 is 0 Å². The van der Waals surface area contributed by atoms with Crippen LogP contribution < -0.4 is 10.6 Å². The van der Waals surface area contributed by atoms with Gasteiger partial charge in [-0.2, -0.15) is 0 Å². The summed E-state index contributed by atoms with van der Waals surface area (Å²) in [5.41, 5.74) is 0. The van der Waals surface area contributed by atoms with Crippen molar-refractivity contribution in [3.8, 4) is 0 Å². The molecule has 2 atom stereocenters. The van der Waals surface area contributed by atoms with Gasteiger partial charge in [0.2, 0.25) is 5.91 Å². The summed E-state index contributed by atoms with van der Waals surface area (Å²) in [6, 6.07) is 0.